The first kappa shape index (κ1) is 16.0. The lowest BCUT2D eigenvalue weighted by Crippen LogP contribution is -2.12. The Kier molecular flexibility index (Phi) is 5.08. The molecule has 24 heavy (non-hydrogen) atoms. The van der Waals surface area contributed by atoms with Crippen LogP contribution < -0.4 is 10.1 Å². The van der Waals surface area contributed by atoms with Crippen molar-refractivity contribution in [3.63, 3.8) is 0 Å². The molecule has 0 aliphatic carbocycles. The topological polar surface area (TPSA) is 69.0 Å². The molecule has 1 heterocycles. The molecule has 122 valence electrons. The zero-order chi connectivity index (χ0) is 16.8. The van der Waals surface area contributed by atoms with Gasteiger partial charge in [-0.05, 0) is 24.3 Å². The first-order chi connectivity index (χ1) is 11.7. The monoisotopic (exact) mass is 342 g/mol. The minimum absolute atomic E-state index is 0.264. The van der Waals surface area contributed by atoms with Gasteiger partial charge < -0.3 is 10.1 Å². The summed E-state index contributed by atoms with van der Waals surface area (Å²) in [7, 11) is 0. The molecule has 3 rings (SSSR count). The van der Waals surface area contributed by atoms with Gasteiger partial charge in [-0.1, -0.05) is 29.8 Å². The van der Waals surface area contributed by atoms with E-state index in [9.17, 15) is 4.79 Å². The lowest BCUT2D eigenvalue weighted by atomic mass is 10.2. The van der Waals surface area contributed by atoms with Gasteiger partial charge in [-0.15, -0.1) is 0 Å². The molecule has 7 heteroatoms. The molecule has 1 N–H and O–H groups in total. The molecule has 2 aromatic carbocycles. The van der Waals surface area contributed by atoms with E-state index in [1.165, 1.54) is 6.33 Å². The number of benzene rings is 2. The van der Waals surface area contributed by atoms with Crippen molar-refractivity contribution in [1.82, 2.24) is 14.8 Å². The van der Waals surface area contributed by atoms with Gasteiger partial charge >= 0.3 is 0 Å². The zero-order valence-corrected chi connectivity index (χ0v) is 13.5. The van der Waals surface area contributed by atoms with Crippen molar-refractivity contribution in [3.05, 3.63) is 71.8 Å². The lowest BCUT2D eigenvalue weighted by Gasteiger charge is -2.10. The number of amides is 1. The van der Waals surface area contributed by atoms with Crippen molar-refractivity contribution < 1.29 is 9.53 Å². The number of nitrogens with one attached hydrogen (secondary N) is 1. The van der Waals surface area contributed by atoms with Crippen LogP contribution in [0.1, 0.15) is 10.4 Å². The summed E-state index contributed by atoms with van der Waals surface area (Å²) in [5, 5.41) is 7.23. The number of carbonyl (C=O) groups is 1. The van der Waals surface area contributed by atoms with Gasteiger partial charge in [-0.3, -0.25) is 4.79 Å². The van der Waals surface area contributed by atoms with E-state index in [0.29, 0.717) is 35.2 Å². The van der Waals surface area contributed by atoms with Crippen LogP contribution in [0, 0.1) is 0 Å². The fraction of sp³-hybridized carbons (Fsp3) is 0.118. The Morgan fingerprint density at radius 2 is 2.08 bits per heavy atom. The quantitative estimate of drug-likeness (QED) is 0.746. The SMILES string of the molecule is O=C(Nc1cccc(OCCn2cncn2)c1)c1ccccc1Cl. The number of anilines is 1. The molecule has 0 aliphatic heterocycles. The van der Waals surface area contributed by atoms with E-state index in [4.69, 9.17) is 16.3 Å². The molecular formula is C17H15ClN4O2. The molecule has 0 bridgehead atoms. The van der Waals surface area contributed by atoms with Crippen LogP contribution >= 0.6 is 11.6 Å². The van der Waals surface area contributed by atoms with Crippen LogP contribution in [0.5, 0.6) is 5.75 Å². The van der Waals surface area contributed by atoms with Crippen LogP contribution in [0.4, 0.5) is 5.69 Å². The van der Waals surface area contributed by atoms with E-state index in [2.05, 4.69) is 15.4 Å². The number of aromatic nitrogens is 3. The predicted molar refractivity (Wildman–Crippen MR) is 91.4 cm³/mol. The van der Waals surface area contributed by atoms with Gasteiger partial charge in [-0.2, -0.15) is 5.10 Å². The normalized spacial score (nSPS) is 10.4. The molecule has 1 amide bonds. The number of nitrogens with zero attached hydrogens (tertiary/aromatic N) is 3. The Labute approximate surface area is 144 Å². The molecule has 0 radical (unpaired) electrons. The van der Waals surface area contributed by atoms with Crippen LogP contribution in [0.25, 0.3) is 0 Å². The molecule has 0 aliphatic rings. The third-order valence-corrected chi connectivity index (χ3v) is 3.60. The number of hydrogen-bond donors (Lipinski definition) is 1. The molecular weight excluding hydrogens is 328 g/mol. The van der Waals surface area contributed by atoms with Crippen molar-refractivity contribution in [2.24, 2.45) is 0 Å². The molecule has 3 aromatic rings. The van der Waals surface area contributed by atoms with Crippen LogP contribution in [-0.2, 0) is 6.54 Å². The first-order valence-electron chi connectivity index (χ1n) is 7.33. The second kappa shape index (κ2) is 7.61. The standard InChI is InChI=1S/C17H15ClN4O2/c18-16-7-2-1-6-15(16)17(23)21-13-4-3-5-14(10-13)24-9-8-22-12-19-11-20-22/h1-7,10-12H,8-9H2,(H,21,23). The van der Waals surface area contributed by atoms with E-state index in [1.807, 2.05) is 12.1 Å². The fourth-order valence-electron chi connectivity index (χ4n) is 2.11. The van der Waals surface area contributed by atoms with Crippen molar-refractivity contribution >= 4 is 23.2 Å². The van der Waals surface area contributed by atoms with E-state index >= 15 is 0 Å². The van der Waals surface area contributed by atoms with E-state index in [0.717, 1.165) is 0 Å². The van der Waals surface area contributed by atoms with Gasteiger partial charge in [0.05, 0.1) is 17.1 Å². The molecule has 0 unspecified atom stereocenters. The van der Waals surface area contributed by atoms with Gasteiger partial charge in [-0.25, -0.2) is 9.67 Å². The summed E-state index contributed by atoms with van der Waals surface area (Å²) in [6.07, 6.45) is 3.11. The lowest BCUT2D eigenvalue weighted by molar-refractivity contribution is 0.102. The third kappa shape index (κ3) is 4.11. The summed E-state index contributed by atoms with van der Waals surface area (Å²) in [6, 6.07) is 14.1. The van der Waals surface area contributed by atoms with Crippen molar-refractivity contribution in [2.45, 2.75) is 6.54 Å². The molecule has 1 aromatic heterocycles. The summed E-state index contributed by atoms with van der Waals surface area (Å²) in [6.45, 7) is 1.04. The zero-order valence-electron chi connectivity index (χ0n) is 12.7. The minimum atomic E-state index is -0.264. The average molecular weight is 343 g/mol. The summed E-state index contributed by atoms with van der Waals surface area (Å²) in [4.78, 5) is 16.1. The summed E-state index contributed by atoms with van der Waals surface area (Å²) in [5.41, 5.74) is 1.06. The van der Waals surface area contributed by atoms with Gasteiger partial charge in [0.2, 0.25) is 0 Å². The van der Waals surface area contributed by atoms with Gasteiger partial charge in [0.15, 0.2) is 0 Å². The van der Waals surface area contributed by atoms with Crippen LogP contribution in [0.15, 0.2) is 61.2 Å². The number of hydrogen-bond acceptors (Lipinski definition) is 4. The summed E-state index contributed by atoms with van der Waals surface area (Å²) >= 11 is 6.04. The Balaban J connectivity index is 1.60. The fourth-order valence-corrected chi connectivity index (χ4v) is 2.33. The van der Waals surface area contributed by atoms with Crippen LogP contribution in [0.3, 0.4) is 0 Å². The molecule has 0 saturated heterocycles. The van der Waals surface area contributed by atoms with E-state index < -0.39 is 0 Å². The largest absolute Gasteiger partial charge is 0.492 e. The predicted octanol–water partition coefficient (Wildman–Crippen LogP) is 3.26. The van der Waals surface area contributed by atoms with Gasteiger partial charge in [0, 0.05) is 11.8 Å². The maximum absolute atomic E-state index is 12.3. The van der Waals surface area contributed by atoms with Crippen LogP contribution in [0.2, 0.25) is 5.02 Å². The average Bonchev–Trinajstić information content (AvgIpc) is 3.09. The van der Waals surface area contributed by atoms with Crippen LogP contribution in [-0.4, -0.2) is 27.3 Å². The van der Waals surface area contributed by atoms with E-state index in [-0.39, 0.29) is 5.91 Å². The van der Waals surface area contributed by atoms with Gasteiger partial charge in [0.1, 0.15) is 25.0 Å². The summed E-state index contributed by atoms with van der Waals surface area (Å²) in [5.74, 6) is 0.396. The Morgan fingerprint density at radius 3 is 2.88 bits per heavy atom. The molecule has 0 saturated carbocycles. The van der Waals surface area contributed by atoms with Crippen molar-refractivity contribution in [2.75, 3.05) is 11.9 Å². The molecule has 6 nitrogen and oxygen atoms in total. The highest BCUT2D eigenvalue weighted by Gasteiger charge is 2.10. The maximum atomic E-state index is 12.3. The molecule has 0 atom stereocenters. The van der Waals surface area contributed by atoms with E-state index in [1.54, 1.807) is 47.4 Å². The molecule has 0 fully saturated rings. The number of rotatable bonds is 6. The summed E-state index contributed by atoms with van der Waals surface area (Å²) < 4.78 is 7.35. The number of ether oxygens (including phenoxy) is 1. The highest BCUT2D eigenvalue weighted by Crippen LogP contribution is 2.20. The second-order valence-electron chi connectivity index (χ2n) is 4.97. The highest BCUT2D eigenvalue weighted by atomic mass is 35.5. The molecule has 0 spiro atoms. The number of carbonyl (C=O) groups excluding carboxylic acids is 1. The second-order valence-corrected chi connectivity index (χ2v) is 5.38. The number of halogens is 1. The Bertz CT molecular complexity index is 821. The van der Waals surface area contributed by atoms with Crippen molar-refractivity contribution in [3.8, 4) is 5.75 Å². The van der Waals surface area contributed by atoms with Gasteiger partial charge in [0.25, 0.3) is 5.91 Å². The minimum Gasteiger partial charge on any atom is -0.492 e. The Morgan fingerprint density at radius 1 is 1.21 bits per heavy atom. The Hall–Kier alpha value is -2.86. The maximum Gasteiger partial charge on any atom is 0.257 e. The smallest absolute Gasteiger partial charge is 0.257 e. The van der Waals surface area contributed by atoms with Crippen molar-refractivity contribution in [1.29, 1.82) is 0 Å². The third-order valence-electron chi connectivity index (χ3n) is 3.27. The first-order valence-corrected chi connectivity index (χ1v) is 7.71. The highest BCUT2D eigenvalue weighted by molar-refractivity contribution is 6.34.